The summed E-state index contributed by atoms with van der Waals surface area (Å²) in [5.41, 5.74) is 1.68. The normalized spacial score (nSPS) is 20.6. The van der Waals surface area contributed by atoms with Crippen molar-refractivity contribution in [2.45, 2.75) is 63.3 Å². The summed E-state index contributed by atoms with van der Waals surface area (Å²) in [5.74, 6) is 0.632. The van der Waals surface area contributed by atoms with Crippen LogP contribution in [0, 0.1) is 0 Å². The van der Waals surface area contributed by atoms with Crippen LogP contribution in [0.4, 0.5) is 0 Å². The Hall–Kier alpha value is -2.66. The summed E-state index contributed by atoms with van der Waals surface area (Å²) in [6.45, 7) is 1.50. The van der Waals surface area contributed by atoms with Gasteiger partial charge in [0.15, 0.2) is 0 Å². The first kappa shape index (κ1) is 20.3. The third-order valence-electron chi connectivity index (χ3n) is 6.81. The van der Waals surface area contributed by atoms with Gasteiger partial charge in [0.2, 0.25) is 0 Å². The highest BCUT2D eigenvalue weighted by Gasteiger charge is 2.31. The van der Waals surface area contributed by atoms with Gasteiger partial charge in [-0.2, -0.15) is 0 Å². The molecule has 2 aliphatic carbocycles. The molecule has 0 amide bonds. The fraction of sp³-hybridized carbons (Fsp3) is 0.462. The van der Waals surface area contributed by atoms with Crippen molar-refractivity contribution >= 4 is 33.3 Å². The molecule has 31 heavy (non-hydrogen) atoms. The molecule has 0 saturated heterocycles. The van der Waals surface area contributed by atoms with E-state index in [0.717, 1.165) is 39.6 Å². The lowest BCUT2D eigenvalue weighted by Gasteiger charge is -2.22. The largest absolute Gasteiger partial charge is 0.492 e. The van der Waals surface area contributed by atoms with Crippen molar-refractivity contribution in [3.63, 3.8) is 0 Å². The van der Waals surface area contributed by atoms with Gasteiger partial charge in [0, 0.05) is 35.9 Å². The van der Waals surface area contributed by atoms with Gasteiger partial charge >= 0.3 is 0 Å². The average molecular weight is 420 g/mol. The molecular formula is C26H29NO4. The molecule has 0 unspecified atom stereocenters. The minimum atomic E-state index is -0.258. The second kappa shape index (κ2) is 8.83. The van der Waals surface area contributed by atoms with Gasteiger partial charge in [-0.25, -0.2) is 0 Å². The van der Waals surface area contributed by atoms with Gasteiger partial charge in [0.05, 0.1) is 12.7 Å². The molecular weight excluding hydrogens is 390 g/mol. The number of nitrogens with one attached hydrogen (secondary N) is 1. The van der Waals surface area contributed by atoms with Crippen molar-refractivity contribution in [2.75, 3.05) is 13.2 Å². The second-order valence-electron chi connectivity index (χ2n) is 8.92. The minimum Gasteiger partial charge on any atom is -0.492 e. The zero-order valence-corrected chi connectivity index (χ0v) is 17.8. The Bertz CT molecular complexity index is 1110. The first-order chi connectivity index (χ1) is 15.2. The molecule has 5 rings (SSSR count). The van der Waals surface area contributed by atoms with Crippen LogP contribution in [0.5, 0.6) is 5.75 Å². The van der Waals surface area contributed by atoms with Crippen LogP contribution >= 0.6 is 0 Å². The van der Waals surface area contributed by atoms with E-state index in [1.165, 1.54) is 32.1 Å². The summed E-state index contributed by atoms with van der Waals surface area (Å²) in [7, 11) is 0. The minimum absolute atomic E-state index is 0.00127. The maximum atomic E-state index is 12.5. The monoisotopic (exact) mass is 419 g/mol. The van der Waals surface area contributed by atoms with Crippen LogP contribution in [0.15, 0.2) is 41.0 Å². The second-order valence-corrected chi connectivity index (χ2v) is 8.92. The third-order valence-corrected chi connectivity index (χ3v) is 6.81. The Balaban J connectivity index is 1.33. The van der Waals surface area contributed by atoms with E-state index in [0.29, 0.717) is 25.5 Å². The maximum absolute atomic E-state index is 12.5. The van der Waals surface area contributed by atoms with Gasteiger partial charge in [-0.3, -0.25) is 9.59 Å². The zero-order chi connectivity index (χ0) is 21.2. The smallest absolute Gasteiger partial charge is 0.147 e. The molecule has 1 N–H and O–H groups in total. The number of ketones is 2. The molecule has 1 aromatic heterocycles. The Morgan fingerprint density at radius 1 is 1.03 bits per heavy atom. The van der Waals surface area contributed by atoms with E-state index < -0.39 is 0 Å². The lowest BCUT2D eigenvalue weighted by atomic mass is 9.81. The van der Waals surface area contributed by atoms with Gasteiger partial charge < -0.3 is 14.5 Å². The van der Waals surface area contributed by atoms with E-state index in [1.807, 2.05) is 18.2 Å². The van der Waals surface area contributed by atoms with E-state index in [-0.39, 0.29) is 23.9 Å². The lowest BCUT2D eigenvalue weighted by Crippen LogP contribution is -2.34. The summed E-state index contributed by atoms with van der Waals surface area (Å²) in [4.78, 5) is 24.1. The molecule has 2 aromatic carbocycles. The van der Waals surface area contributed by atoms with Crippen LogP contribution in [0.2, 0.25) is 0 Å². The quantitative estimate of drug-likeness (QED) is 0.434. The Morgan fingerprint density at radius 3 is 2.74 bits per heavy atom. The first-order valence-corrected chi connectivity index (χ1v) is 11.5. The van der Waals surface area contributed by atoms with E-state index in [4.69, 9.17) is 9.15 Å². The van der Waals surface area contributed by atoms with Crippen LogP contribution in [0.1, 0.15) is 62.8 Å². The molecule has 0 spiro atoms. The molecule has 0 aliphatic heterocycles. The number of ether oxygens (including phenoxy) is 1. The highest BCUT2D eigenvalue weighted by Crippen LogP contribution is 2.38. The summed E-state index contributed by atoms with van der Waals surface area (Å²) in [5, 5.41) is 6.71. The predicted octanol–water partition coefficient (Wildman–Crippen LogP) is 5.29. The molecule has 2 saturated carbocycles. The van der Waals surface area contributed by atoms with Crippen molar-refractivity contribution in [2.24, 2.45) is 0 Å². The van der Waals surface area contributed by atoms with Gasteiger partial charge in [-0.15, -0.1) is 0 Å². The zero-order valence-electron chi connectivity index (χ0n) is 17.8. The third kappa shape index (κ3) is 4.24. The van der Waals surface area contributed by atoms with E-state index >= 15 is 0 Å². The highest BCUT2D eigenvalue weighted by molar-refractivity contribution is 6.11. The number of hydrogen-bond acceptors (Lipinski definition) is 5. The van der Waals surface area contributed by atoms with Crippen molar-refractivity contribution in [1.82, 2.24) is 5.32 Å². The first-order valence-electron chi connectivity index (χ1n) is 11.5. The van der Waals surface area contributed by atoms with Crippen LogP contribution in [0.25, 0.3) is 21.7 Å². The standard InChI is InChI=1S/C26H29NO4/c28-19-7-9-22(24(29)15-19)23-16-31-25-11-6-17-14-20(8-10-21(17)26(23)25)30-13-12-27-18-4-2-1-3-5-18/h6,8,10-11,14,16,18,22,27H,1-5,7,9,12-13,15H2/t22-/m0/s1. The topological polar surface area (TPSA) is 68.5 Å². The molecule has 5 heteroatoms. The number of benzene rings is 2. The number of Topliss-reactive ketones (excluding diaryl/α,β-unsaturated/α-hetero) is 2. The van der Waals surface area contributed by atoms with Crippen molar-refractivity contribution < 1.29 is 18.7 Å². The predicted molar refractivity (Wildman–Crippen MR) is 121 cm³/mol. The molecule has 0 bridgehead atoms. The Labute approximate surface area is 182 Å². The van der Waals surface area contributed by atoms with E-state index in [9.17, 15) is 9.59 Å². The summed E-state index contributed by atoms with van der Waals surface area (Å²) >= 11 is 0. The molecule has 3 aromatic rings. The maximum Gasteiger partial charge on any atom is 0.147 e. The fourth-order valence-electron chi connectivity index (χ4n) is 5.16. The Morgan fingerprint density at radius 2 is 1.90 bits per heavy atom. The fourth-order valence-corrected chi connectivity index (χ4v) is 5.16. The molecule has 2 fully saturated rings. The molecule has 2 aliphatic rings. The number of carbonyl (C=O) groups is 2. The van der Waals surface area contributed by atoms with E-state index in [2.05, 4.69) is 17.4 Å². The molecule has 5 nitrogen and oxygen atoms in total. The molecule has 1 atom stereocenters. The molecule has 162 valence electrons. The van der Waals surface area contributed by atoms with Crippen LogP contribution in [-0.4, -0.2) is 30.8 Å². The van der Waals surface area contributed by atoms with E-state index in [1.54, 1.807) is 6.26 Å². The number of carbonyl (C=O) groups excluding carboxylic acids is 2. The Kier molecular flexibility index (Phi) is 5.77. The highest BCUT2D eigenvalue weighted by atomic mass is 16.5. The van der Waals surface area contributed by atoms with Crippen LogP contribution < -0.4 is 10.1 Å². The number of furan rings is 1. The average Bonchev–Trinajstić information content (AvgIpc) is 3.21. The lowest BCUT2D eigenvalue weighted by molar-refractivity contribution is -0.130. The molecule has 1 heterocycles. The molecule has 0 radical (unpaired) electrons. The summed E-state index contributed by atoms with van der Waals surface area (Å²) in [6, 6.07) is 10.7. The van der Waals surface area contributed by atoms with Crippen molar-refractivity contribution in [3.8, 4) is 5.75 Å². The SMILES string of the molecule is O=C1CC[C@@H](c2coc3ccc4cc(OCCNC5CCCCC5)ccc4c23)C(=O)C1. The summed E-state index contributed by atoms with van der Waals surface area (Å²) < 4.78 is 11.8. The van der Waals surface area contributed by atoms with Crippen molar-refractivity contribution in [1.29, 1.82) is 0 Å². The van der Waals surface area contributed by atoms with Gasteiger partial charge in [0.1, 0.15) is 29.5 Å². The van der Waals surface area contributed by atoms with Crippen molar-refractivity contribution in [3.05, 3.63) is 42.2 Å². The summed E-state index contributed by atoms with van der Waals surface area (Å²) in [6.07, 6.45) is 9.34. The number of rotatable bonds is 6. The van der Waals surface area contributed by atoms with Gasteiger partial charge in [-0.1, -0.05) is 25.3 Å². The van der Waals surface area contributed by atoms with Crippen LogP contribution in [0.3, 0.4) is 0 Å². The van der Waals surface area contributed by atoms with Crippen LogP contribution in [-0.2, 0) is 9.59 Å². The van der Waals surface area contributed by atoms with Gasteiger partial charge in [-0.05, 0) is 54.3 Å². The number of fused-ring (bicyclic) bond motifs is 3. The number of hydrogen-bond donors (Lipinski definition) is 1. The van der Waals surface area contributed by atoms with Gasteiger partial charge in [0.25, 0.3) is 0 Å².